The molecule has 0 radical (unpaired) electrons. The summed E-state index contributed by atoms with van der Waals surface area (Å²) in [6.07, 6.45) is 3.58. The molecule has 2 aliphatic heterocycles. The lowest BCUT2D eigenvalue weighted by atomic mass is 10.1. The molecule has 2 saturated heterocycles. The van der Waals surface area contributed by atoms with Crippen LogP contribution in [0.1, 0.15) is 31.3 Å². The topological polar surface area (TPSA) is 91.5 Å². The standard InChI is InChI=1S/C21H21BrN4O4/c1-21(2)29-16-14(10-27)28-19(17(16)30-21)26-18-15(25-20(26)22)13(23-11-24-18)9-8-12-6-4-3-5-7-12/h3-9,11,14,16-17,19,27H,10H2,1-2H3/t14-,16-,17-,19-/m1/s1. The minimum Gasteiger partial charge on any atom is -0.394 e. The monoisotopic (exact) mass is 472 g/mol. The van der Waals surface area contributed by atoms with E-state index in [1.807, 2.05) is 60.9 Å². The van der Waals surface area contributed by atoms with E-state index in [2.05, 4.69) is 30.9 Å². The average Bonchev–Trinajstić information content (AvgIpc) is 3.34. The van der Waals surface area contributed by atoms with Crippen molar-refractivity contribution in [1.29, 1.82) is 0 Å². The number of nitrogens with zero attached hydrogens (tertiary/aromatic N) is 4. The van der Waals surface area contributed by atoms with Gasteiger partial charge in [0.1, 0.15) is 30.2 Å². The number of benzene rings is 1. The number of ether oxygens (including phenoxy) is 3. The van der Waals surface area contributed by atoms with Gasteiger partial charge in [-0.1, -0.05) is 36.4 Å². The second-order valence-electron chi connectivity index (χ2n) is 7.74. The zero-order valence-corrected chi connectivity index (χ0v) is 18.1. The molecule has 1 aromatic carbocycles. The summed E-state index contributed by atoms with van der Waals surface area (Å²) in [5, 5.41) is 9.77. The molecule has 0 spiro atoms. The van der Waals surface area contributed by atoms with Crippen molar-refractivity contribution < 1.29 is 19.3 Å². The number of aliphatic hydroxyl groups is 1. The van der Waals surface area contributed by atoms with E-state index < -0.39 is 24.2 Å². The Morgan fingerprint density at radius 2 is 1.90 bits per heavy atom. The van der Waals surface area contributed by atoms with Gasteiger partial charge in [0.2, 0.25) is 0 Å². The minimum atomic E-state index is -0.758. The van der Waals surface area contributed by atoms with Crippen LogP contribution in [0.3, 0.4) is 0 Å². The third-order valence-corrected chi connectivity index (χ3v) is 5.81. The number of hydrogen-bond acceptors (Lipinski definition) is 7. The van der Waals surface area contributed by atoms with E-state index in [1.165, 1.54) is 6.33 Å². The summed E-state index contributed by atoms with van der Waals surface area (Å²) in [6, 6.07) is 9.98. The Bertz CT molecular complexity index is 1100. The molecule has 30 heavy (non-hydrogen) atoms. The van der Waals surface area contributed by atoms with Crippen LogP contribution >= 0.6 is 15.9 Å². The molecule has 2 aromatic heterocycles. The summed E-state index contributed by atoms with van der Waals surface area (Å²) >= 11 is 3.54. The van der Waals surface area contributed by atoms with Crippen molar-refractivity contribution in [1.82, 2.24) is 19.5 Å². The van der Waals surface area contributed by atoms with Crippen LogP contribution in [-0.4, -0.2) is 55.3 Å². The molecule has 156 valence electrons. The van der Waals surface area contributed by atoms with E-state index in [1.54, 1.807) is 0 Å². The van der Waals surface area contributed by atoms with Crippen molar-refractivity contribution in [2.75, 3.05) is 6.61 Å². The summed E-state index contributed by atoms with van der Waals surface area (Å²) in [5.41, 5.74) is 3.01. The first-order valence-corrected chi connectivity index (χ1v) is 10.5. The van der Waals surface area contributed by atoms with Gasteiger partial charge in [0.15, 0.2) is 22.4 Å². The number of hydrogen-bond donors (Lipinski definition) is 1. The van der Waals surface area contributed by atoms with Crippen molar-refractivity contribution in [3.8, 4) is 0 Å². The van der Waals surface area contributed by atoms with E-state index in [0.29, 0.717) is 21.6 Å². The zero-order chi connectivity index (χ0) is 20.9. The molecule has 2 aliphatic rings. The highest BCUT2D eigenvalue weighted by molar-refractivity contribution is 9.10. The van der Waals surface area contributed by atoms with E-state index in [0.717, 1.165) is 5.56 Å². The second kappa shape index (κ2) is 7.51. The molecule has 3 aromatic rings. The van der Waals surface area contributed by atoms with Crippen LogP contribution in [0.4, 0.5) is 0 Å². The van der Waals surface area contributed by atoms with Crippen LogP contribution in [0.15, 0.2) is 41.4 Å². The quantitative estimate of drug-likeness (QED) is 0.582. The third kappa shape index (κ3) is 3.36. The predicted octanol–water partition coefficient (Wildman–Crippen LogP) is 3.17. The van der Waals surface area contributed by atoms with Crippen LogP contribution in [0.2, 0.25) is 0 Å². The maximum absolute atomic E-state index is 9.77. The third-order valence-electron chi connectivity index (χ3n) is 5.26. The Hall–Kier alpha value is -2.17. The highest BCUT2D eigenvalue weighted by Crippen LogP contribution is 2.44. The Morgan fingerprint density at radius 1 is 1.13 bits per heavy atom. The van der Waals surface area contributed by atoms with Crippen LogP contribution < -0.4 is 0 Å². The fraction of sp³-hybridized carbons (Fsp3) is 0.381. The van der Waals surface area contributed by atoms with Gasteiger partial charge in [-0.3, -0.25) is 4.57 Å². The minimum absolute atomic E-state index is 0.165. The molecule has 5 rings (SSSR count). The summed E-state index contributed by atoms with van der Waals surface area (Å²) in [6.45, 7) is 3.54. The highest BCUT2D eigenvalue weighted by atomic mass is 79.9. The molecule has 4 atom stereocenters. The molecular weight excluding hydrogens is 452 g/mol. The van der Waals surface area contributed by atoms with Gasteiger partial charge in [-0.2, -0.15) is 0 Å². The van der Waals surface area contributed by atoms with Gasteiger partial charge in [-0.05, 0) is 41.4 Å². The molecule has 0 bridgehead atoms. The van der Waals surface area contributed by atoms with Crippen LogP contribution in [0, 0.1) is 0 Å². The maximum Gasteiger partial charge on any atom is 0.181 e. The molecule has 0 unspecified atom stereocenters. The van der Waals surface area contributed by atoms with Crippen LogP contribution in [-0.2, 0) is 14.2 Å². The molecule has 8 nitrogen and oxygen atoms in total. The van der Waals surface area contributed by atoms with Gasteiger partial charge < -0.3 is 19.3 Å². The average molecular weight is 473 g/mol. The molecular formula is C21H21BrN4O4. The van der Waals surface area contributed by atoms with Crippen LogP contribution in [0.5, 0.6) is 0 Å². The number of rotatable bonds is 4. The van der Waals surface area contributed by atoms with Gasteiger partial charge in [0.05, 0.1) is 12.3 Å². The van der Waals surface area contributed by atoms with E-state index in [-0.39, 0.29) is 12.7 Å². The first-order valence-electron chi connectivity index (χ1n) is 9.70. The molecule has 0 aliphatic carbocycles. The zero-order valence-electron chi connectivity index (χ0n) is 16.5. The van der Waals surface area contributed by atoms with Crippen molar-refractivity contribution in [2.24, 2.45) is 0 Å². The molecule has 4 heterocycles. The summed E-state index contributed by atoms with van der Waals surface area (Å²) in [7, 11) is 0. The molecule has 9 heteroatoms. The van der Waals surface area contributed by atoms with E-state index in [4.69, 9.17) is 14.2 Å². The summed E-state index contributed by atoms with van der Waals surface area (Å²) < 4.78 is 20.5. The van der Waals surface area contributed by atoms with Crippen molar-refractivity contribution in [3.63, 3.8) is 0 Å². The van der Waals surface area contributed by atoms with E-state index in [9.17, 15) is 5.11 Å². The van der Waals surface area contributed by atoms with Gasteiger partial charge in [-0.25, -0.2) is 15.0 Å². The normalized spacial score (nSPS) is 27.9. The van der Waals surface area contributed by atoms with Crippen molar-refractivity contribution >= 4 is 39.2 Å². The SMILES string of the molecule is CC1(C)O[C@@H]2[C@H](O1)[C@@H](CO)O[C@H]2n1c(Br)nc2c(C=Cc3ccccc3)ncnc21. The van der Waals surface area contributed by atoms with Crippen molar-refractivity contribution in [3.05, 3.63) is 52.7 Å². The Labute approximate surface area is 181 Å². The molecule has 0 amide bonds. The van der Waals surface area contributed by atoms with Gasteiger partial charge in [0, 0.05) is 0 Å². The Balaban J connectivity index is 1.55. The smallest absolute Gasteiger partial charge is 0.181 e. The van der Waals surface area contributed by atoms with Gasteiger partial charge in [0.25, 0.3) is 0 Å². The predicted molar refractivity (Wildman–Crippen MR) is 113 cm³/mol. The fourth-order valence-electron chi connectivity index (χ4n) is 4.00. The lowest BCUT2D eigenvalue weighted by Gasteiger charge is -2.24. The second-order valence-corrected chi connectivity index (χ2v) is 8.45. The maximum atomic E-state index is 9.77. The Morgan fingerprint density at radius 3 is 2.67 bits per heavy atom. The first kappa shape index (κ1) is 19.8. The highest BCUT2D eigenvalue weighted by Gasteiger charge is 2.56. The molecule has 1 N–H and O–H groups in total. The number of imidazole rings is 1. The summed E-state index contributed by atoms with van der Waals surface area (Å²) in [5.74, 6) is -0.758. The number of aromatic nitrogens is 4. The largest absolute Gasteiger partial charge is 0.394 e. The number of fused-ring (bicyclic) bond motifs is 2. The number of aliphatic hydroxyl groups excluding tert-OH is 1. The summed E-state index contributed by atoms with van der Waals surface area (Å²) in [4.78, 5) is 13.5. The molecule has 0 saturated carbocycles. The van der Waals surface area contributed by atoms with Gasteiger partial charge in [-0.15, -0.1) is 0 Å². The number of halogens is 1. The van der Waals surface area contributed by atoms with Crippen LogP contribution in [0.25, 0.3) is 23.3 Å². The van der Waals surface area contributed by atoms with Gasteiger partial charge >= 0.3 is 0 Å². The van der Waals surface area contributed by atoms with E-state index >= 15 is 0 Å². The van der Waals surface area contributed by atoms with Crippen molar-refractivity contribution in [2.45, 2.75) is 44.2 Å². The lowest BCUT2D eigenvalue weighted by molar-refractivity contribution is -0.200. The first-order chi connectivity index (χ1) is 14.5. The Kier molecular flexibility index (Phi) is 4.95. The fourth-order valence-corrected chi connectivity index (χ4v) is 4.55. The lowest BCUT2D eigenvalue weighted by Crippen LogP contribution is -2.31. The molecule has 2 fully saturated rings.